The molecule has 0 spiro atoms. The summed E-state index contributed by atoms with van der Waals surface area (Å²) >= 11 is 4.23. The number of thioether (sulfide) groups is 2. The number of anilines is 2. The van der Waals surface area contributed by atoms with Crippen molar-refractivity contribution in [3.05, 3.63) is 24.3 Å². The van der Waals surface area contributed by atoms with Gasteiger partial charge in [0.25, 0.3) is 0 Å². The lowest BCUT2D eigenvalue weighted by atomic mass is 10.2. The second kappa shape index (κ2) is 8.70. The van der Waals surface area contributed by atoms with E-state index in [0.717, 1.165) is 47.2 Å². The van der Waals surface area contributed by atoms with Crippen LogP contribution in [0, 0.1) is 0 Å². The maximum absolute atomic E-state index is 12.0. The van der Waals surface area contributed by atoms with E-state index in [0.29, 0.717) is 5.75 Å². The number of hydrogen-bond donors (Lipinski definition) is 1. The first-order chi connectivity index (χ1) is 11.7. The molecule has 0 unspecified atom stereocenters. The molecule has 1 aromatic heterocycles. The Kier molecular flexibility index (Phi) is 6.36. The first-order valence-corrected chi connectivity index (χ1v) is 10.5. The number of aromatic nitrogens is 2. The van der Waals surface area contributed by atoms with Crippen LogP contribution in [-0.2, 0) is 9.53 Å². The molecule has 9 heteroatoms. The lowest BCUT2D eigenvalue weighted by molar-refractivity contribution is -0.113. The third-order valence-corrected chi connectivity index (χ3v) is 5.92. The Labute approximate surface area is 153 Å². The van der Waals surface area contributed by atoms with Crippen LogP contribution in [0.15, 0.2) is 33.8 Å². The summed E-state index contributed by atoms with van der Waals surface area (Å²) in [5.41, 5.74) is 1.96. The Morgan fingerprint density at radius 3 is 2.75 bits per heavy atom. The van der Waals surface area contributed by atoms with E-state index < -0.39 is 0 Å². The molecule has 1 fully saturated rings. The first-order valence-electron chi connectivity index (χ1n) is 7.48. The molecule has 3 rings (SSSR count). The van der Waals surface area contributed by atoms with Gasteiger partial charge in [-0.1, -0.05) is 23.5 Å². The molecule has 128 valence electrons. The number of nitrogens with one attached hydrogen (secondary N) is 1. The standard InChI is InChI=1S/C15H18N4O2S3/c1-22-14-17-15(24-18-14)23-10-13(20)16-11-2-4-12(5-3-11)19-6-8-21-9-7-19/h2-5H,6-10H2,1H3,(H,16,20). The maximum Gasteiger partial charge on any atom is 0.234 e. The summed E-state index contributed by atoms with van der Waals surface area (Å²) in [7, 11) is 0. The van der Waals surface area contributed by atoms with Gasteiger partial charge in [-0.3, -0.25) is 4.79 Å². The minimum atomic E-state index is -0.0416. The molecule has 1 aliphatic heterocycles. The predicted molar refractivity (Wildman–Crippen MR) is 101 cm³/mol. The van der Waals surface area contributed by atoms with Crippen LogP contribution in [0.2, 0.25) is 0 Å². The van der Waals surface area contributed by atoms with Crippen LogP contribution >= 0.6 is 35.1 Å². The van der Waals surface area contributed by atoms with Gasteiger partial charge in [-0.05, 0) is 42.1 Å². The highest BCUT2D eigenvalue weighted by Crippen LogP contribution is 2.24. The van der Waals surface area contributed by atoms with Crippen LogP contribution < -0.4 is 10.2 Å². The smallest absolute Gasteiger partial charge is 0.234 e. The SMILES string of the molecule is CSc1nsc(SCC(=O)Nc2ccc(N3CCOCC3)cc2)n1. The molecular weight excluding hydrogens is 364 g/mol. The van der Waals surface area contributed by atoms with Crippen molar-refractivity contribution in [2.75, 3.05) is 48.5 Å². The number of rotatable bonds is 6. The third kappa shape index (κ3) is 4.85. The van der Waals surface area contributed by atoms with Crippen molar-refractivity contribution < 1.29 is 9.53 Å². The van der Waals surface area contributed by atoms with Gasteiger partial charge in [-0.25, -0.2) is 4.98 Å². The number of hydrogen-bond acceptors (Lipinski definition) is 8. The highest BCUT2D eigenvalue weighted by atomic mass is 32.2. The van der Waals surface area contributed by atoms with Crippen molar-refractivity contribution in [3.8, 4) is 0 Å². The van der Waals surface area contributed by atoms with E-state index in [2.05, 4.69) is 19.6 Å². The van der Waals surface area contributed by atoms with E-state index in [1.165, 1.54) is 35.1 Å². The Bertz CT molecular complexity index is 672. The van der Waals surface area contributed by atoms with Crippen LogP contribution in [0.5, 0.6) is 0 Å². The molecule has 2 aromatic rings. The first kappa shape index (κ1) is 17.5. The molecule has 1 N–H and O–H groups in total. The predicted octanol–water partition coefficient (Wildman–Crippen LogP) is 2.83. The molecule has 1 aromatic carbocycles. The molecule has 1 saturated heterocycles. The van der Waals surface area contributed by atoms with Crippen molar-refractivity contribution in [1.82, 2.24) is 9.36 Å². The van der Waals surface area contributed by atoms with Crippen molar-refractivity contribution in [2.45, 2.75) is 9.50 Å². The summed E-state index contributed by atoms with van der Waals surface area (Å²) in [5, 5.41) is 3.66. The topological polar surface area (TPSA) is 67.4 Å². The van der Waals surface area contributed by atoms with Crippen LogP contribution in [0.3, 0.4) is 0 Å². The van der Waals surface area contributed by atoms with Crippen molar-refractivity contribution >= 4 is 52.3 Å². The molecule has 0 bridgehead atoms. The molecule has 0 saturated carbocycles. The van der Waals surface area contributed by atoms with E-state index >= 15 is 0 Å². The molecule has 0 aliphatic carbocycles. The average Bonchev–Trinajstić information content (AvgIpc) is 3.10. The van der Waals surface area contributed by atoms with Gasteiger partial charge in [0.15, 0.2) is 4.34 Å². The number of nitrogens with zero attached hydrogens (tertiary/aromatic N) is 3. The quantitative estimate of drug-likeness (QED) is 0.771. The Morgan fingerprint density at radius 2 is 2.08 bits per heavy atom. The summed E-state index contributed by atoms with van der Waals surface area (Å²) in [6.45, 7) is 3.34. The molecule has 6 nitrogen and oxygen atoms in total. The number of ether oxygens (including phenoxy) is 1. The fraction of sp³-hybridized carbons (Fsp3) is 0.400. The molecule has 0 atom stereocenters. The van der Waals surface area contributed by atoms with E-state index in [1.807, 2.05) is 30.5 Å². The van der Waals surface area contributed by atoms with Crippen LogP contribution in [0.25, 0.3) is 0 Å². The lowest BCUT2D eigenvalue weighted by Gasteiger charge is -2.28. The molecule has 1 aliphatic rings. The highest BCUT2D eigenvalue weighted by molar-refractivity contribution is 8.01. The van der Waals surface area contributed by atoms with Gasteiger partial charge in [0.2, 0.25) is 11.1 Å². The minimum Gasteiger partial charge on any atom is -0.378 e. The fourth-order valence-corrected chi connectivity index (χ4v) is 4.25. The molecule has 0 radical (unpaired) electrons. The van der Waals surface area contributed by atoms with Gasteiger partial charge >= 0.3 is 0 Å². The molecule has 24 heavy (non-hydrogen) atoms. The van der Waals surface area contributed by atoms with E-state index in [1.54, 1.807) is 0 Å². The number of morpholine rings is 1. The van der Waals surface area contributed by atoms with Crippen molar-refractivity contribution in [1.29, 1.82) is 0 Å². The Balaban J connectivity index is 1.48. The van der Waals surface area contributed by atoms with Crippen LogP contribution in [0.4, 0.5) is 11.4 Å². The summed E-state index contributed by atoms with van der Waals surface area (Å²) in [6, 6.07) is 7.93. The monoisotopic (exact) mass is 382 g/mol. The normalized spacial score (nSPS) is 14.6. The van der Waals surface area contributed by atoms with Gasteiger partial charge in [0, 0.05) is 24.5 Å². The van der Waals surface area contributed by atoms with E-state index in [-0.39, 0.29) is 5.91 Å². The summed E-state index contributed by atoms with van der Waals surface area (Å²) in [5.74, 6) is 0.286. The van der Waals surface area contributed by atoms with Gasteiger partial charge < -0.3 is 15.0 Å². The van der Waals surface area contributed by atoms with Gasteiger partial charge in [-0.15, -0.1) is 0 Å². The summed E-state index contributed by atoms with van der Waals surface area (Å²) in [6.07, 6.45) is 1.93. The number of carbonyl (C=O) groups is 1. The fourth-order valence-electron chi connectivity index (χ4n) is 2.24. The summed E-state index contributed by atoms with van der Waals surface area (Å²) in [4.78, 5) is 18.6. The largest absolute Gasteiger partial charge is 0.378 e. The van der Waals surface area contributed by atoms with Crippen molar-refractivity contribution in [3.63, 3.8) is 0 Å². The van der Waals surface area contributed by atoms with Crippen LogP contribution in [0.1, 0.15) is 0 Å². The van der Waals surface area contributed by atoms with Gasteiger partial charge in [0.1, 0.15) is 0 Å². The van der Waals surface area contributed by atoms with E-state index in [4.69, 9.17) is 4.74 Å². The van der Waals surface area contributed by atoms with Crippen LogP contribution in [-0.4, -0.2) is 53.6 Å². The molecular formula is C15H18N4O2S3. The van der Waals surface area contributed by atoms with Gasteiger partial charge in [0.05, 0.1) is 19.0 Å². The Morgan fingerprint density at radius 1 is 1.33 bits per heavy atom. The highest BCUT2D eigenvalue weighted by Gasteiger charge is 2.11. The molecule has 2 heterocycles. The zero-order valence-corrected chi connectivity index (χ0v) is 15.7. The van der Waals surface area contributed by atoms with E-state index in [9.17, 15) is 4.79 Å². The minimum absolute atomic E-state index is 0.0416. The third-order valence-electron chi connectivity index (χ3n) is 3.43. The zero-order valence-electron chi connectivity index (χ0n) is 13.2. The van der Waals surface area contributed by atoms with Crippen molar-refractivity contribution in [2.24, 2.45) is 0 Å². The number of benzene rings is 1. The summed E-state index contributed by atoms with van der Waals surface area (Å²) < 4.78 is 10.4. The van der Waals surface area contributed by atoms with Gasteiger partial charge in [-0.2, -0.15) is 4.37 Å². The zero-order chi connectivity index (χ0) is 16.8. The molecule has 1 amide bonds. The Hall–Kier alpha value is -1.29. The number of carbonyl (C=O) groups excluding carboxylic acids is 1. The lowest BCUT2D eigenvalue weighted by Crippen LogP contribution is -2.36. The second-order valence-corrected chi connectivity index (χ2v) is 7.78. The average molecular weight is 383 g/mol. The maximum atomic E-state index is 12.0. The second-order valence-electron chi connectivity index (χ2n) is 5.03. The number of amides is 1.